The average molecular weight is 288 g/mol. The van der Waals surface area contributed by atoms with Crippen molar-refractivity contribution in [1.82, 2.24) is 0 Å². The van der Waals surface area contributed by atoms with Crippen LogP contribution in [0.3, 0.4) is 0 Å². The molecule has 2 aromatic rings. The number of nitro benzene ring substituents is 2. The second kappa shape index (κ2) is 5.87. The van der Waals surface area contributed by atoms with E-state index in [0.29, 0.717) is 11.4 Å². The van der Waals surface area contributed by atoms with Crippen molar-refractivity contribution in [3.8, 4) is 5.75 Å². The van der Waals surface area contributed by atoms with Crippen LogP contribution in [0.1, 0.15) is 0 Å². The molecule has 0 amide bonds. The Labute approximate surface area is 119 Å². The van der Waals surface area contributed by atoms with Gasteiger partial charge >= 0.3 is 5.69 Å². The number of nitrogens with one attached hydrogen (secondary N) is 1. The van der Waals surface area contributed by atoms with Gasteiger partial charge in [-0.2, -0.15) is 0 Å². The Morgan fingerprint density at radius 3 is 2.24 bits per heavy atom. The molecule has 0 spiro atoms. The van der Waals surface area contributed by atoms with Gasteiger partial charge in [-0.15, -0.1) is 0 Å². The summed E-state index contributed by atoms with van der Waals surface area (Å²) in [5, 5.41) is 24.4. The van der Waals surface area contributed by atoms with E-state index < -0.39 is 21.2 Å². The second-order valence-electron chi connectivity index (χ2n) is 3.97. The van der Waals surface area contributed by atoms with Crippen molar-refractivity contribution in [3.63, 3.8) is 0 Å². The van der Waals surface area contributed by atoms with E-state index >= 15 is 0 Å². The standard InChI is InChI=1S/C13H10N3O5/c1-21-11-5-2-9(3-6-11)14-12-7-4-10(15(17)18)8-13(12)16(19)20/h2-7,14H,1H3. The molecular formula is C13H10N3O5. The van der Waals surface area contributed by atoms with Crippen LogP contribution in [-0.2, 0) is 0 Å². The molecule has 0 saturated carbocycles. The molecule has 0 aliphatic rings. The first kappa shape index (κ1) is 14.3. The third-order valence-electron chi connectivity index (χ3n) is 2.66. The molecule has 0 atom stereocenters. The maximum atomic E-state index is 11.0. The van der Waals surface area contributed by atoms with Gasteiger partial charge in [-0.1, -0.05) is 0 Å². The number of nitro groups is 2. The van der Waals surface area contributed by atoms with E-state index in [2.05, 4.69) is 11.4 Å². The summed E-state index contributed by atoms with van der Waals surface area (Å²) in [7, 11) is 1.53. The zero-order chi connectivity index (χ0) is 15.4. The highest BCUT2D eigenvalue weighted by Gasteiger charge is 2.20. The first-order chi connectivity index (χ1) is 10.0. The smallest absolute Gasteiger partial charge is 0.307 e. The highest BCUT2D eigenvalue weighted by atomic mass is 16.6. The minimum Gasteiger partial charge on any atom is -0.497 e. The third-order valence-corrected chi connectivity index (χ3v) is 2.66. The van der Waals surface area contributed by atoms with E-state index in [1.54, 1.807) is 24.3 Å². The zero-order valence-corrected chi connectivity index (χ0v) is 10.9. The van der Waals surface area contributed by atoms with Gasteiger partial charge in [0.2, 0.25) is 0 Å². The van der Waals surface area contributed by atoms with E-state index in [1.165, 1.54) is 13.2 Å². The van der Waals surface area contributed by atoms with Crippen molar-refractivity contribution >= 4 is 22.7 Å². The van der Waals surface area contributed by atoms with Crippen molar-refractivity contribution < 1.29 is 14.6 Å². The summed E-state index contributed by atoms with van der Waals surface area (Å²) in [5.41, 5.74) is -0.237. The first-order valence-corrected chi connectivity index (χ1v) is 5.77. The molecule has 0 unspecified atom stereocenters. The molecule has 1 N–H and O–H groups in total. The fourth-order valence-corrected chi connectivity index (χ4v) is 1.65. The Hall–Kier alpha value is -3.16. The van der Waals surface area contributed by atoms with Crippen LogP contribution in [0.4, 0.5) is 22.7 Å². The van der Waals surface area contributed by atoms with Crippen LogP contribution in [0.5, 0.6) is 5.75 Å². The molecule has 0 aromatic heterocycles. The number of rotatable bonds is 5. The lowest BCUT2D eigenvalue weighted by Crippen LogP contribution is -1.99. The Morgan fingerprint density at radius 1 is 1.05 bits per heavy atom. The largest absolute Gasteiger partial charge is 0.497 e. The van der Waals surface area contributed by atoms with Gasteiger partial charge in [0.05, 0.1) is 17.0 Å². The highest BCUT2D eigenvalue weighted by molar-refractivity contribution is 5.71. The van der Waals surface area contributed by atoms with Crippen LogP contribution in [0.2, 0.25) is 0 Å². The number of methoxy groups -OCH3 is 1. The number of benzene rings is 2. The molecule has 0 aliphatic heterocycles. The average Bonchev–Trinajstić information content (AvgIpc) is 2.48. The summed E-state index contributed by atoms with van der Waals surface area (Å²) in [6.45, 7) is 0. The first-order valence-electron chi connectivity index (χ1n) is 5.77. The van der Waals surface area contributed by atoms with Crippen molar-refractivity contribution in [1.29, 1.82) is 0 Å². The Morgan fingerprint density at radius 2 is 1.71 bits per heavy atom. The molecular weight excluding hydrogens is 278 g/mol. The van der Waals surface area contributed by atoms with Gasteiger partial charge in [0, 0.05) is 11.8 Å². The minimum absolute atomic E-state index is 0.121. The molecule has 107 valence electrons. The van der Waals surface area contributed by atoms with Crippen LogP contribution in [0.25, 0.3) is 0 Å². The summed E-state index contributed by atoms with van der Waals surface area (Å²) in [6.07, 6.45) is 0. The van der Waals surface area contributed by atoms with Crippen LogP contribution < -0.4 is 10.1 Å². The normalized spacial score (nSPS) is 9.95. The van der Waals surface area contributed by atoms with Crippen molar-refractivity contribution in [2.75, 3.05) is 12.4 Å². The van der Waals surface area contributed by atoms with E-state index in [4.69, 9.17) is 4.74 Å². The predicted octanol–water partition coefficient (Wildman–Crippen LogP) is 3.06. The molecule has 2 rings (SSSR count). The molecule has 0 bridgehead atoms. The maximum absolute atomic E-state index is 11.0. The molecule has 0 fully saturated rings. The van der Waals surface area contributed by atoms with Gasteiger partial charge in [0.25, 0.3) is 5.69 Å². The second-order valence-corrected chi connectivity index (χ2v) is 3.97. The highest BCUT2D eigenvalue weighted by Crippen LogP contribution is 2.31. The Bertz CT molecular complexity index is 685. The lowest BCUT2D eigenvalue weighted by Gasteiger charge is -2.07. The van der Waals surface area contributed by atoms with Crippen LogP contribution >= 0.6 is 0 Å². The van der Waals surface area contributed by atoms with E-state index in [1.807, 2.05) is 0 Å². The fraction of sp³-hybridized carbons (Fsp3) is 0.0769. The molecule has 8 heteroatoms. The van der Waals surface area contributed by atoms with E-state index in [9.17, 15) is 20.2 Å². The molecule has 8 nitrogen and oxygen atoms in total. The summed E-state index contributed by atoms with van der Waals surface area (Å²) in [4.78, 5) is 20.2. The van der Waals surface area contributed by atoms with Gasteiger partial charge in [0.1, 0.15) is 11.4 Å². The molecule has 0 aliphatic carbocycles. The Kier molecular flexibility index (Phi) is 3.98. The molecule has 2 aromatic carbocycles. The van der Waals surface area contributed by atoms with Gasteiger partial charge in [-0.05, 0) is 30.3 Å². The zero-order valence-electron chi connectivity index (χ0n) is 10.9. The molecule has 21 heavy (non-hydrogen) atoms. The summed E-state index contributed by atoms with van der Waals surface area (Å²) in [6, 6.07) is 11.3. The van der Waals surface area contributed by atoms with Crippen LogP contribution in [0.15, 0.2) is 36.4 Å². The molecule has 1 radical (unpaired) electrons. The molecule has 0 heterocycles. The topological polar surface area (TPSA) is 108 Å². The lowest BCUT2D eigenvalue weighted by molar-refractivity contribution is -0.394. The predicted molar refractivity (Wildman–Crippen MR) is 74.9 cm³/mol. The fourth-order valence-electron chi connectivity index (χ4n) is 1.65. The summed E-state index contributed by atoms with van der Waals surface area (Å²) in [5.74, 6) is 0.644. The SMILES string of the molecule is COc1ccc(Nc2ccc([N+](=O)[O-])[c]c2[N+](=O)[O-])cc1. The quantitative estimate of drug-likeness (QED) is 0.669. The van der Waals surface area contributed by atoms with Crippen LogP contribution in [-0.4, -0.2) is 17.0 Å². The summed E-state index contributed by atoms with van der Waals surface area (Å²) >= 11 is 0. The number of anilines is 2. The van der Waals surface area contributed by atoms with Crippen LogP contribution in [0, 0.1) is 26.3 Å². The summed E-state index contributed by atoms with van der Waals surface area (Å²) < 4.78 is 5.01. The third kappa shape index (κ3) is 3.24. The van der Waals surface area contributed by atoms with E-state index in [0.717, 1.165) is 6.07 Å². The monoisotopic (exact) mass is 288 g/mol. The maximum Gasteiger partial charge on any atom is 0.307 e. The number of non-ortho nitro benzene ring substituents is 1. The van der Waals surface area contributed by atoms with Gasteiger partial charge in [-0.3, -0.25) is 20.2 Å². The van der Waals surface area contributed by atoms with Crippen molar-refractivity contribution in [3.05, 3.63) is 62.7 Å². The molecule has 0 saturated heterocycles. The minimum atomic E-state index is -0.732. The van der Waals surface area contributed by atoms with Crippen molar-refractivity contribution in [2.45, 2.75) is 0 Å². The number of nitrogens with zero attached hydrogens (tertiary/aromatic N) is 2. The van der Waals surface area contributed by atoms with Gasteiger partial charge < -0.3 is 10.1 Å². The van der Waals surface area contributed by atoms with Gasteiger partial charge in [-0.25, -0.2) is 0 Å². The lowest BCUT2D eigenvalue weighted by atomic mass is 10.2. The van der Waals surface area contributed by atoms with E-state index in [-0.39, 0.29) is 5.69 Å². The van der Waals surface area contributed by atoms with Crippen molar-refractivity contribution in [2.24, 2.45) is 0 Å². The number of ether oxygens (including phenoxy) is 1. The number of hydrogen-bond acceptors (Lipinski definition) is 6. The van der Waals surface area contributed by atoms with Gasteiger partial charge in [0.15, 0.2) is 6.07 Å². The Balaban J connectivity index is 2.34. The number of hydrogen-bond donors (Lipinski definition) is 1.